The molecular weight excluding hydrogens is 472 g/mol. The van der Waals surface area contributed by atoms with Gasteiger partial charge >= 0.3 is 0 Å². The predicted molar refractivity (Wildman–Crippen MR) is 118 cm³/mol. The number of rotatable bonds is 5. The van der Waals surface area contributed by atoms with Crippen LogP contribution in [0.3, 0.4) is 0 Å². The summed E-state index contributed by atoms with van der Waals surface area (Å²) in [4.78, 5) is 16.7. The summed E-state index contributed by atoms with van der Waals surface area (Å²) in [6.07, 6.45) is 0. The monoisotopic (exact) mass is 482 g/mol. The number of Topliss-reactive ketones (excluding diaryl/α,β-unsaturated/α-hetero) is 1. The number of nitrogens with zero attached hydrogens (tertiary/aromatic N) is 3. The fourth-order valence-corrected chi connectivity index (χ4v) is 4.23. The van der Waals surface area contributed by atoms with Crippen LogP contribution in [0.2, 0.25) is 5.02 Å². The Morgan fingerprint density at radius 2 is 1.86 bits per heavy atom. The SMILES string of the molecule is N#Cc1c(N)nc(SCC(=O)c2cccc(Br)c2)c(C#N)c1-c1ccccc1Cl. The number of thioether (sulfide) groups is 1. The van der Waals surface area contributed by atoms with Crippen molar-refractivity contribution in [1.29, 1.82) is 10.5 Å². The molecule has 29 heavy (non-hydrogen) atoms. The number of aromatic nitrogens is 1. The van der Waals surface area contributed by atoms with Crippen molar-refractivity contribution in [2.45, 2.75) is 5.03 Å². The third-order valence-electron chi connectivity index (χ3n) is 4.05. The zero-order chi connectivity index (χ0) is 21.0. The Morgan fingerprint density at radius 3 is 2.52 bits per heavy atom. The highest BCUT2D eigenvalue weighted by Crippen LogP contribution is 2.38. The minimum Gasteiger partial charge on any atom is -0.383 e. The highest BCUT2D eigenvalue weighted by Gasteiger charge is 2.22. The lowest BCUT2D eigenvalue weighted by Crippen LogP contribution is -2.06. The van der Waals surface area contributed by atoms with Gasteiger partial charge in [0.2, 0.25) is 0 Å². The molecule has 142 valence electrons. The molecule has 0 spiro atoms. The molecule has 0 aliphatic rings. The highest BCUT2D eigenvalue weighted by molar-refractivity contribution is 9.10. The molecule has 0 aliphatic heterocycles. The van der Waals surface area contributed by atoms with Crippen LogP contribution in [0.1, 0.15) is 21.5 Å². The maximum absolute atomic E-state index is 12.5. The molecule has 8 heteroatoms. The van der Waals surface area contributed by atoms with E-state index >= 15 is 0 Å². The fourth-order valence-electron chi connectivity index (χ4n) is 2.72. The van der Waals surface area contributed by atoms with Crippen LogP contribution in [0.25, 0.3) is 11.1 Å². The van der Waals surface area contributed by atoms with E-state index in [0.29, 0.717) is 21.7 Å². The van der Waals surface area contributed by atoms with Gasteiger partial charge in [-0.2, -0.15) is 10.5 Å². The average Bonchev–Trinajstić information content (AvgIpc) is 2.72. The van der Waals surface area contributed by atoms with Gasteiger partial charge in [0.25, 0.3) is 0 Å². The number of halogens is 2. The summed E-state index contributed by atoms with van der Waals surface area (Å²) in [5, 5.41) is 20.0. The van der Waals surface area contributed by atoms with Crippen molar-refractivity contribution in [2.75, 3.05) is 11.5 Å². The number of carbonyl (C=O) groups excluding carboxylic acids is 1. The smallest absolute Gasteiger partial charge is 0.173 e. The summed E-state index contributed by atoms with van der Waals surface area (Å²) in [5.41, 5.74) is 7.61. The van der Waals surface area contributed by atoms with Crippen molar-refractivity contribution < 1.29 is 4.79 Å². The van der Waals surface area contributed by atoms with Gasteiger partial charge in [0.15, 0.2) is 5.78 Å². The van der Waals surface area contributed by atoms with Gasteiger partial charge in [0, 0.05) is 26.2 Å². The lowest BCUT2D eigenvalue weighted by Gasteiger charge is -2.13. The van der Waals surface area contributed by atoms with Crippen LogP contribution < -0.4 is 5.73 Å². The molecule has 0 fully saturated rings. The number of nitrogen functional groups attached to an aromatic ring is 1. The first kappa shape index (κ1) is 20.9. The lowest BCUT2D eigenvalue weighted by molar-refractivity contribution is 0.102. The number of nitrogens with two attached hydrogens (primary N) is 1. The fraction of sp³-hybridized carbons (Fsp3) is 0.0476. The van der Waals surface area contributed by atoms with Crippen LogP contribution >= 0.6 is 39.3 Å². The number of nitriles is 2. The third-order valence-corrected chi connectivity index (χ3v) is 5.84. The second-order valence-corrected chi connectivity index (χ2v) is 8.14. The van der Waals surface area contributed by atoms with Gasteiger partial charge in [0.1, 0.15) is 28.5 Å². The molecule has 2 N–H and O–H groups in total. The number of anilines is 1. The second-order valence-electron chi connectivity index (χ2n) is 5.85. The quantitative estimate of drug-likeness (QED) is 0.381. The van der Waals surface area contributed by atoms with E-state index in [0.717, 1.165) is 16.2 Å². The molecular formula is C21H12BrClN4OS. The number of benzene rings is 2. The maximum atomic E-state index is 12.5. The number of carbonyl (C=O) groups is 1. The van der Waals surface area contributed by atoms with Crippen LogP contribution in [0.4, 0.5) is 5.82 Å². The molecule has 3 aromatic rings. The van der Waals surface area contributed by atoms with E-state index in [1.165, 1.54) is 0 Å². The molecule has 0 bridgehead atoms. The standard InChI is InChI=1S/C21H12BrClN4OS/c22-13-5-3-4-12(8-13)18(28)11-29-21-16(10-25)19(15(9-24)20(26)27-21)14-6-1-2-7-17(14)23/h1-8H,11H2,(H2,26,27). The summed E-state index contributed by atoms with van der Waals surface area (Å²) in [7, 11) is 0. The maximum Gasteiger partial charge on any atom is 0.173 e. The van der Waals surface area contributed by atoms with Crippen LogP contribution in [-0.4, -0.2) is 16.5 Å². The number of pyridine rings is 1. The van der Waals surface area contributed by atoms with Crippen molar-refractivity contribution in [3.8, 4) is 23.3 Å². The summed E-state index contributed by atoms with van der Waals surface area (Å²) in [6.45, 7) is 0. The van der Waals surface area contributed by atoms with Gasteiger partial charge < -0.3 is 5.73 Å². The first-order chi connectivity index (χ1) is 14.0. The zero-order valence-corrected chi connectivity index (χ0v) is 18.0. The second kappa shape index (κ2) is 9.11. The Bertz CT molecular complexity index is 1200. The first-order valence-corrected chi connectivity index (χ1v) is 10.4. The van der Waals surface area contributed by atoms with Crippen LogP contribution in [0.5, 0.6) is 0 Å². The van der Waals surface area contributed by atoms with Gasteiger partial charge in [-0.25, -0.2) is 4.98 Å². The zero-order valence-electron chi connectivity index (χ0n) is 14.8. The van der Waals surface area contributed by atoms with Gasteiger partial charge in [-0.1, -0.05) is 69.6 Å². The van der Waals surface area contributed by atoms with E-state index < -0.39 is 0 Å². The van der Waals surface area contributed by atoms with Crippen molar-refractivity contribution in [3.05, 3.63) is 74.7 Å². The molecule has 0 atom stereocenters. The minimum atomic E-state index is -0.121. The predicted octanol–water partition coefficient (Wildman–Crippen LogP) is 5.47. The van der Waals surface area contributed by atoms with E-state index in [4.69, 9.17) is 17.3 Å². The number of hydrogen-bond acceptors (Lipinski definition) is 6. The van der Waals surface area contributed by atoms with Crippen molar-refractivity contribution in [3.63, 3.8) is 0 Å². The van der Waals surface area contributed by atoms with E-state index in [1.54, 1.807) is 42.5 Å². The molecule has 2 aromatic carbocycles. The summed E-state index contributed by atoms with van der Waals surface area (Å²) in [6, 6.07) is 18.0. The molecule has 5 nitrogen and oxygen atoms in total. The van der Waals surface area contributed by atoms with E-state index in [-0.39, 0.29) is 33.5 Å². The van der Waals surface area contributed by atoms with Crippen molar-refractivity contribution >= 4 is 50.9 Å². The molecule has 3 rings (SSSR count). The highest BCUT2D eigenvalue weighted by atomic mass is 79.9. The Kier molecular flexibility index (Phi) is 6.56. The first-order valence-electron chi connectivity index (χ1n) is 8.26. The molecule has 0 aliphatic carbocycles. The van der Waals surface area contributed by atoms with Crippen LogP contribution in [0.15, 0.2) is 58.0 Å². The van der Waals surface area contributed by atoms with Crippen LogP contribution in [-0.2, 0) is 0 Å². The Hall–Kier alpha value is -2.84. The molecule has 0 amide bonds. The Balaban J connectivity index is 2.05. The molecule has 0 saturated heterocycles. The average molecular weight is 484 g/mol. The summed E-state index contributed by atoms with van der Waals surface area (Å²) in [5.74, 6) is -0.0751. The topological polar surface area (TPSA) is 104 Å². The number of ketones is 1. The van der Waals surface area contributed by atoms with Crippen LogP contribution in [0, 0.1) is 22.7 Å². The van der Waals surface area contributed by atoms with E-state index in [9.17, 15) is 15.3 Å². The van der Waals surface area contributed by atoms with E-state index in [2.05, 4.69) is 27.0 Å². The minimum absolute atomic E-state index is 0.0150. The van der Waals surface area contributed by atoms with Crippen molar-refractivity contribution in [2.24, 2.45) is 0 Å². The van der Waals surface area contributed by atoms with Gasteiger partial charge in [-0.05, 0) is 18.2 Å². The Labute approximate surface area is 185 Å². The molecule has 1 heterocycles. The normalized spacial score (nSPS) is 10.2. The van der Waals surface area contributed by atoms with Gasteiger partial charge in [-0.3, -0.25) is 4.79 Å². The molecule has 0 unspecified atom stereocenters. The molecule has 0 saturated carbocycles. The third kappa shape index (κ3) is 4.44. The van der Waals surface area contributed by atoms with E-state index in [1.807, 2.05) is 12.1 Å². The summed E-state index contributed by atoms with van der Waals surface area (Å²) >= 11 is 10.7. The lowest BCUT2D eigenvalue weighted by atomic mass is 9.97. The summed E-state index contributed by atoms with van der Waals surface area (Å²) < 4.78 is 0.799. The molecule has 0 radical (unpaired) electrons. The van der Waals surface area contributed by atoms with Crippen molar-refractivity contribution in [1.82, 2.24) is 4.98 Å². The number of hydrogen-bond donors (Lipinski definition) is 1. The Morgan fingerprint density at radius 1 is 1.14 bits per heavy atom. The largest absolute Gasteiger partial charge is 0.383 e. The molecule has 1 aromatic heterocycles. The van der Waals surface area contributed by atoms with Gasteiger partial charge in [-0.15, -0.1) is 0 Å². The van der Waals surface area contributed by atoms with Gasteiger partial charge in [0.05, 0.1) is 11.3 Å².